The van der Waals surface area contributed by atoms with Crippen LogP contribution < -0.4 is 4.74 Å². The summed E-state index contributed by atoms with van der Waals surface area (Å²) in [7, 11) is 0. The SMILES string of the molecule is CCCCCCOc1ccc(/C=C/C=C/C=C2C(=O)N(CC)C(=S)N(CC)C2=O)cc1. The molecule has 0 unspecified atom stereocenters. The van der Waals surface area contributed by atoms with Crippen molar-refractivity contribution in [2.45, 2.75) is 46.5 Å². The molecule has 0 spiro atoms. The Morgan fingerprint density at radius 1 is 0.871 bits per heavy atom. The van der Waals surface area contributed by atoms with Gasteiger partial charge in [0.25, 0.3) is 11.8 Å². The molecule has 0 bridgehead atoms. The van der Waals surface area contributed by atoms with E-state index in [0.717, 1.165) is 24.3 Å². The lowest BCUT2D eigenvalue weighted by molar-refractivity contribution is -0.133. The highest BCUT2D eigenvalue weighted by Gasteiger charge is 2.37. The van der Waals surface area contributed by atoms with E-state index in [1.807, 2.05) is 50.3 Å². The number of nitrogens with zero attached hydrogens (tertiary/aromatic N) is 2. The Labute approximate surface area is 191 Å². The first kappa shape index (κ1) is 24.5. The molecule has 2 amide bonds. The van der Waals surface area contributed by atoms with Gasteiger partial charge in [-0.1, -0.05) is 62.6 Å². The summed E-state index contributed by atoms with van der Waals surface area (Å²) in [6, 6.07) is 7.92. The molecule has 1 saturated heterocycles. The third-order valence-corrected chi connectivity index (χ3v) is 5.41. The molecule has 0 saturated carbocycles. The molecule has 1 aliphatic heterocycles. The van der Waals surface area contributed by atoms with Crippen LogP contribution in [0.2, 0.25) is 0 Å². The van der Waals surface area contributed by atoms with Crippen molar-refractivity contribution in [3.05, 3.63) is 59.7 Å². The molecule has 31 heavy (non-hydrogen) atoms. The van der Waals surface area contributed by atoms with Gasteiger partial charge in [-0.2, -0.15) is 0 Å². The van der Waals surface area contributed by atoms with E-state index in [2.05, 4.69) is 6.92 Å². The largest absolute Gasteiger partial charge is 0.494 e. The molecule has 5 nitrogen and oxygen atoms in total. The van der Waals surface area contributed by atoms with Crippen LogP contribution in [0.1, 0.15) is 52.0 Å². The van der Waals surface area contributed by atoms with E-state index in [1.54, 1.807) is 18.2 Å². The van der Waals surface area contributed by atoms with E-state index in [0.29, 0.717) is 13.1 Å². The lowest BCUT2D eigenvalue weighted by Crippen LogP contribution is -2.55. The molecule has 6 heteroatoms. The topological polar surface area (TPSA) is 49.9 Å². The van der Waals surface area contributed by atoms with Gasteiger partial charge < -0.3 is 4.74 Å². The summed E-state index contributed by atoms with van der Waals surface area (Å²) in [6.45, 7) is 7.49. The molecule has 1 aromatic rings. The van der Waals surface area contributed by atoms with E-state index in [9.17, 15) is 9.59 Å². The summed E-state index contributed by atoms with van der Waals surface area (Å²) >= 11 is 5.26. The number of thiocarbonyl (C=S) groups is 1. The number of rotatable bonds is 11. The van der Waals surface area contributed by atoms with Crippen LogP contribution in [-0.4, -0.2) is 46.4 Å². The average molecular weight is 441 g/mol. The Morgan fingerprint density at radius 2 is 1.52 bits per heavy atom. The zero-order valence-electron chi connectivity index (χ0n) is 18.7. The lowest BCUT2D eigenvalue weighted by atomic mass is 10.1. The van der Waals surface area contributed by atoms with Crippen molar-refractivity contribution in [1.29, 1.82) is 0 Å². The number of amides is 2. The zero-order valence-corrected chi connectivity index (χ0v) is 19.5. The Hall–Kier alpha value is -2.73. The molecule has 0 N–H and O–H groups in total. The lowest BCUT2D eigenvalue weighted by Gasteiger charge is -2.35. The fourth-order valence-electron chi connectivity index (χ4n) is 3.18. The number of carbonyl (C=O) groups is 2. The summed E-state index contributed by atoms with van der Waals surface area (Å²) in [5, 5.41) is 0.273. The Morgan fingerprint density at radius 3 is 2.10 bits per heavy atom. The van der Waals surface area contributed by atoms with E-state index >= 15 is 0 Å². The Kier molecular flexibility index (Phi) is 10.2. The van der Waals surface area contributed by atoms with Crippen molar-refractivity contribution >= 4 is 35.2 Å². The molecule has 1 aromatic carbocycles. The standard InChI is InChI=1S/C25H32N2O3S/c1-4-7-8-12-19-30-21-17-15-20(16-18-21)13-10-9-11-14-22-23(28)26(5-2)25(31)27(6-3)24(22)29/h9-11,13-18H,4-8,12,19H2,1-3H3/b11-9+,13-10+. The normalized spacial score (nSPS) is 14.9. The van der Waals surface area contributed by atoms with Crippen molar-refractivity contribution in [1.82, 2.24) is 9.80 Å². The van der Waals surface area contributed by atoms with Crippen LogP contribution in [0.15, 0.2) is 54.1 Å². The number of carbonyl (C=O) groups excluding carboxylic acids is 2. The van der Waals surface area contributed by atoms with E-state index in [-0.39, 0.29) is 22.5 Å². The number of allylic oxidation sites excluding steroid dienone is 4. The summed E-state index contributed by atoms with van der Waals surface area (Å²) in [5.74, 6) is 0.185. The van der Waals surface area contributed by atoms with Crippen molar-refractivity contribution in [2.75, 3.05) is 19.7 Å². The first-order valence-electron chi connectivity index (χ1n) is 11.0. The van der Waals surface area contributed by atoms with Gasteiger partial charge in [0, 0.05) is 13.1 Å². The van der Waals surface area contributed by atoms with Gasteiger partial charge in [0.05, 0.1) is 6.61 Å². The average Bonchev–Trinajstić information content (AvgIpc) is 2.77. The van der Waals surface area contributed by atoms with Crippen molar-refractivity contribution in [3.8, 4) is 5.75 Å². The molecule has 1 heterocycles. The highest BCUT2D eigenvalue weighted by atomic mass is 32.1. The van der Waals surface area contributed by atoms with Crippen molar-refractivity contribution in [3.63, 3.8) is 0 Å². The Bertz CT molecular complexity index is 828. The molecular weight excluding hydrogens is 408 g/mol. The summed E-state index contributed by atoms with van der Waals surface area (Å²) in [5.41, 5.74) is 1.17. The second-order valence-corrected chi connectivity index (χ2v) is 7.55. The van der Waals surface area contributed by atoms with Gasteiger partial charge in [-0.05, 0) is 56.3 Å². The molecule has 0 aromatic heterocycles. The van der Waals surface area contributed by atoms with Crippen LogP contribution in [0.3, 0.4) is 0 Å². The number of hydrogen-bond donors (Lipinski definition) is 0. The van der Waals surface area contributed by atoms with Gasteiger partial charge in [0.15, 0.2) is 5.11 Å². The monoisotopic (exact) mass is 440 g/mol. The van der Waals surface area contributed by atoms with Crippen LogP contribution >= 0.6 is 12.2 Å². The van der Waals surface area contributed by atoms with Gasteiger partial charge >= 0.3 is 0 Å². The zero-order chi connectivity index (χ0) is 22.6. The fourth-order valence-corrected chi connectivity index (χ4v) is 3.60. The maximum Gasteiger partial charge on any atom is 0.265 e. The van der Waals surface area contributed by atoms with E-state index < -0.39 is 0 Å². The number of ether oxygens (including phenoxy) is 1. The third-order valence-electron chi connectivity index (χ3n) is 4.97. The number of benzene rings is 1. The molecular formula is C25H32N2O3S. The van der Waals surface area contributed by atoms with Crippen molar-refractivity contribution < 1.29 is 14.3 Å². The van der Waals surface area contributed by atoms with E-state index in [4.69, 9.17) is 17.0 Å². The smallest absolute Gasteiger partial charge is 0.265 e. The minimum atomic E-state index is -0.346. The maximum atomic E-state index is 12.5. The van der Waals surface area contributed by atoms with Gasteiger partial charge in [0.2, 0.25) is 0 Å². The number of hydrogen-bond acceptors (Lipinski definition) is 4. The van der Waals surface area contributed by atoms with Gasteiger partial charge in [0.1, 0.15) is 11.3 Å². The van der Waals surface area contributed by atoms with E-state index in [1.165, 1.54) is 29.1 Å². The summed E-state index contributed by atoms with van der Waals surface area (Å²) in [4.78, 5) is 28.0. The highest BCUT2D eigenvalue weighted by molar-refractivity contribution is 7.80. The van der Waals surface area contributed by atoms with Gasteiger partial charge in [-0.15, -0.1) is 0 Å². The van der Waals surface area contributed by atoms with Crippen molar-refractivity contribution in [2.24, 2.45) is 0 Å². The summed E-state index contributed by atoms with van der Waals surface area (Å²) < 4.78 is 5.75. The predicted molar refractivity (Wildman–Crippen MR) is 130 cm³/mol. The molecule has 0 aliphatic carbocycles. The molecule has 2 rings (SSSR count). The molecule has 0 atom stereocenters. The van der Waals surface area contributed by atoms with Gasteiger partial charge in [-0.25, -0.2) is 0 Å². The van der Waals surface area contributed by atoms with Gasteiger partial charge in [-0.3, -0.25) is 19.4 Å². The first-order chi connectivity index (χ1) is 15.0. The second-order valence-electron chi connectivity index (χ2n) is 7.18. The quantitative estimate of drug-likeness (QED) is 0.157. The van der Waals surface area contributed by atoms with Crippen LogP contribution in [0.5, 0.6) is 5.75 Å². The highest BCUT2D eigenvalue weighted by Crippen LogP contribution is 2.18. The molecule has 1 aliphatic rings. The molecule has 1 fully saturated rings. The molecule has 0 radical (unpaired) electrons. The summed E-state index contributed by atoms with van der Waals surface area (Å²) in [6.07, 6.45) is 13.6. The predicted octanol–water partition coefficient (Wildman–Crippen LogP) is 5.14. The Balaban J connectivity index is 1.93. The fraction of sp³-hybridized carbons (Fsp3) is 0.400. The first-order valence-corrected chi connectivity index (χ1v) is 11.4. The minimum Gasteiger partial charge on any atom is -0.494 e. The van der Waals surface area contributed by atoms with Crippen LogP contribution in [0.4, 0.5) is 0 Å². The van der Waals surface area contributed by atoms with Crippen LogP contribution in [0, 0.1) is 0 Å². The maximum absolute atomic E-state index is 12.5. The number of likely N-dealkylation sites (N-methyl/N-ethyl adjacent to an activating group) is 2. The van der Waals surface area contributed by atoms with Crippen LogP contribution in [0.25, 0.3) is 6.08 Å². The second kappa shape index (κ2) is 12.8. The third kappa shape index (κ3) is 6.89. The van der Waals surface area contributed by atoms with Crippen LogP contribution in [-0.2, 0) is 9.59 Å². The minimum absolute atomic E-state index is 0.127. The molecule has 166 valence electrons. The number of unbranched alkanes of at least 4 members (excludes halogenated alkanes) is 3.